The third-order valence-corrected chi connectivity index (χ3v) is 7.73. The molecule has 0 bridgehead atoms. The van der Waals surface area contributed by atoms with Crippen molar-refractivity contribution in [2.45, 2.75) is 32.1 Å². The lowest BCUT2D eigenvalue weighted by Crippen LogP contribution is -2.49. The van der Waals surface area contributed by atoms with Gasteiger partial charge in [-0.05, 0) is 6.92 Å². The number of carbonyl (C=O) groups is 2. The van der Waals surface area contributed by atoms with E-state index >= 15 is 0 Å². The molecule has 1 aromatic rings. The highest BCUT2D eigenvalue weighted by Crippen LogP contribution is 2.47. The molecule has 0 spiro atoms. The number of aromatic nitrogens is 2. The average molecular weight is 487 g/mol. The molecule has 1 aromatic heterocycles. The van der Waals surface area contributed by atoms with Gasteiger partial charge in [-0.25, -0.2) is 9.46 Å². The van der Waals surface area contributed by atoms with Crippen LogP contribution < -0.4 is 16.6 Å². The van der Waals surface area contributed by atoms with Crippen LogP contribution in [0.5, 0.6) is 0 Å². The van der Waals surface area contributed by atoms with E-state index in [2.05, 4.69) is 10.3 Å². The molecule has 2 fully saturated rings. The summed E-state index contributed by atoms with van der Waals surface area (Å²) >= 11 is 0. The number of morpholine rings is 1. The Morgan fingerprint density at radius 2 is 1.91 bits per heavy atom. The molecule has 2 unspecified atom stereocenters. The second-order valence-electron chi connectivity index (χ2n) is 8.18. The van der Waals surface area contributed by atoms with E-state index in [0.717, 1.165) is 0 Å². The highest BCUT2D eigenvalue weighted by molar-refractivity contribution is 7.55. The molecule has 2 aliphatic rings. The number of nitrogens with one attached hydrogen (secondary N) is 2. The van der Waals surface area contributed by atoms with Gasteiger partial charge in [0, 0.05) is 64.1 Å². The van der Waals surface area contributed by atoms with Crippen LogP contribution in [0, 0.1) is 6.92 Å². The van der Waals surface area contributed by atoms with Crippen molar-refractivity contribution in [2.75, 3.05) is 52.5 Å². The summed E-state index contributed by atoms with van der Waals surface area (Å²) in [7, 11) is -3.16. The molecule has 2 aliphatic heterocycles. The Bertz CT molecular complexity index is 1030. The van der Waals surface area contributed by atoms with Crippen LogP contribution in [0.3, 0.4) is 0 Å². The highest BCUT2D eigenvalue weighted by Gasteiger charge is 2.33. The number of carboxylic acid groups (broad SMARTS) is 1. The molecule has 33 heavy (non-hydrogen) atoms. The predicted octanol–water partition coefficient (Wildman–Crippen LogP) is -0.819. The van der Waals surface area contributed by atoms with E-state index in [1.54, 1.807) is 16.5 Å². The lowest BCUT2D eigenvalue weighted by atomic mass is 10.2. The van der Waals surface area contributed by atoms with E-state index in [-0.39, 0.29) is 25.4 Å². The molecule has 0 radical (unpaired) electrons. The van der Waals surface area contributed by atoms with Gasteiger partial charge < -0.3 is 24.6 Å². The van der Waals surface area contributed by atoms with E-state index in [4.69, 9.17) is 14.4 Å². The first-order chi connectivity index (χ1) is 15.6. The molecular formula is C19H30N5O8P. The van der Waals surface area contributed by atoms with E-state index in [1.807, 2.05) is 0 Å². The molecule has 13 nitrogen and oxygen atoms in total. The Morgan fingerprint density at radius 3 is 2.58 bits per heavy atom. The number of rotatable bonds is 8. The van der Waals surface area contributed by atoms with Crippen molar-refractivity contribution in [3.63, 3.8) is 0 Å². The minimum Gasteiger partial charge on any atom is -0.481 e. The monoisotopic (exact) mass is 487 g/mol. The summed E-state index contributed by atoms with van der Waals surface area (Å²) in [6.45, 7) is 5.34. The molecule has 184 valence electrons. The third-order valence-electron chi connectivity index (χ3n) is 5.67. The van der Waals surface area contributed by atoms with Gasteiger partial charge in [0.2, 0.25) is 5.91 Å². The predicted molar refractivity (Wildman–Crippen MR) is 117 cm³/mol. The summed E-state index contributed by atoms with van der Waals surface area (Å²) in [5.41, 5.74) is -0.637. The van der Waals surface area contributed by atoms with Crippen LogP contribution in [0.15, 0.2) is 15.8 Å². The molecular weight excluding hydrogens is 457 g/mol. The molecule has 3 rings (SSSR count). The fourth-order valence-electron chi connectivity index (χ4n) is 3.73. The molecule has 14 heteroatoms. The van der Waals surface area contributed by atoms with Gasteiger partial charge in [0.05, 0.1) is 19.1 Å². The normalized spacial score (nSPS) is 23.8. The van der Waals surface area contributed by atoms with Crippen molar-refractivity contribution in [1.82, 2.24) is 24.4 Å². The number of nitrogens with zero attached hydrogens (tertiary/aromatic N) is 3. The highest BCUT2D eigenvalue weighted by atomic mass is 31.2. The largest absolute Gasteiger partial charge is 0.481 e. The van der Waals surface area contributed by atoms with Gasteiger partial charge in [0.15, 0.2) is 6.23 Å². The lowest BCUT2D eigenvalue weighted by Gasteiger charge is -2.38. The molecule has 3 atom stereocenters. The van der Waals surface area contributed by atoms with Crippen LogP contribution in [-0.4, -0.2) is 94.7 Å². The fraction of sp³-hybridized carbons (Fsp3) is 0.684. The van der Waals surface area contributed by atoms with Crippen molar-refractivity contribution in [3.8, 4) is 0 Å². The van der Waals surface area contributed by atoms with E-state index in [1.165, 1.54) is 17.4 Å². The molecule has 1 amide bonds. The van der Waals surface area contributed by atoms with Gasteiger partial charge in [-0.2, -0.15) is 0 Å². The van der Waals surface area contributed by atoms with E-state index in [9.17, 15) is 23.7 Å². The van der Waals surface area contributed by atoms with Crippen molar-refractivity contribution in [2.24, 2.45) is 0 Å². The Balaban J connectivity index is 1.51. The molecule has 0 aliphatic carbocycles. The third kappa shape index (κ3) is 6.61. The molecule has 0 saturated carbocycles. The quantitative estimate of drug-likeness (QED) is 0.395. The van der Waals surface area contributed by atoms with Crippen molar-refractivity contribution < 1.29 is 28.5 Å². The van der Waals surface area contributed by atoms with Crippen molar-refractivity contribution >= 4 is 19.4 Å². The number of ether oxygens (including phenoxy) is 1. The zero-order chi connectivity index (χ0) is 24.2. The van der Waals surface area contributed by atoms with E-state index < -0.39 is 37.1 Å². The minimum atomic E-state index is -3.16. The first kappa shape index (κ1) is 25.3. The molecule has 3 heterocycles. The van der Waals surface area contributed by atoms with Gasteiger partial charge in [-0.3, -0.25) is 28.5 Å². The Kier molecular flexibility index (Phi) is 8.24. The number of hydrogen-bond acceptors (Lipinski definition) is 8. The Hall–Kier alpha value is -2.31. The van der Waals surface area contributed by atoms with Crippen LogP contribution in [0.1, 0.15) is 24.6 Å². The number of aliphatic carboxylic acids is 1. The summed E-state index contributed by atoms with van der Waals surface area (Å²) < 4.78 is 27.8. The molecule has 2 saturated heterocycles. The Labute approximate surface area is 190 Å². The SMILES string of the molecule is Cc1cn(C2CNC[C@@H](COP(C)(=O)N3CCN(C(=O)CCC(=O)O)CC3)O2)c(=O)[nH]c1=O. The summed E-state index contributed by atoms with van der Waals surface area (Å²) in [6.07, 6.45) is 0.0664. The maximum atomic E-state index is 13.1. The number of carbonyl (C=O) groups excluding carboxylic acids is 1. The zero-order valence-corrected chi connectivity index (χ0v) is 19.6. The second kappa shape index (κ2) is 10.7. The maximum absolute atomic E-state index is 13.1. The van der Waals surface area contributed by atoms with Gasteiger partial charge in [-0.15, -0.1) is 0 Å². The van der Waals surface area contributed by atoms with Crippen LogP contribution in [-0.2, 0) is 23.4 Å². The first-order valence-corrected chi connectivity index (χ1v) is 12.7. The number of amides is 1. The van der Waals surface area contributed by atoms with Gasteiger partial charge in [0.25, 0.3) is 13.1 Å². The first-order valence-electron chi connectivity index (χ1n) is 10.7. The van der Waals surface area contributed by atoms with E-state index in [0.29, 0.717) is 44.8 Å². The fourth-order valence-corrected chi connectivity index (χ4v) is 5.24. The van der Waals surface area contributed by atoms with Crippen LogP contribution in [0.4, 0.5) is 0 Å². The maximum Gasteiger partial charge on any atom is 0.330 e. The summed E-state index contributed by atoms with van der Waals surface area (Å²) in [6, 6.07) is 0. The summed E-state index contributed by atoms with van der Waals surface area (Å²) in [5, 5.41) is 11.9. The molecule has 3 N–H and O–H groups in total. The van der Waals surface area contributed by atoms with Crippen molar-refractivity contribution in [1.29, 1.82) is 0 Å². The van der Waals surface area contributed by atoms with Crippen molar-refractivity contribution in [3.05, 3.63) is 32.6 Å². The number of aryl methyl sites for hydroxylation is 1. The summed E-state index contributed by atoms with van der Waals surface area (Å²) in [4.78, 5) is 50.3. The standard InChI is InChI=1S/C19H30N5O8P/c1-13-11-24(19(29)21-18(13)28)16-10-20-9-14(32-16)12-31-33(2,30)23-7-5-22(6-8-23)15(25)3-4-17(26)27/h11,14,16,20H,3-10,12H2,1-2H3,(H,26,27)(H,21,28,29)/t14-,16?,33?/m0/s1. The average Bonchev–Trinajstić information content (AvgIpc) is 2.79. The second-order valence-corrected chi connectivity index (χ2v) is 10.6. The minimum absolute atomic E-state index is 0.0338. The van der Waals surface area contributed by atoms with Crippen LogP contribution >= 0.6 is 7.52 Å². The van der Waals surface area contributed by atoms with Crippen LogP contribution in [0.25, 0.3) is 0 Å². The lowest BCUT2D eigenvalue weighted by molar-refractivity contribution is -0.141. The smallest absolute Gasteiger partial charge is 0.330 e. The van der Waals surface area contributed by atoms with Gasteiger partial charge in [-0.1, -0.05) is 0 Å². The number of piperazine rings is 1. The van der Waals surface area contributed by atoms with Gasteiger partial charge >= 0.3 is 11.7 Å². The Morgan fingerprint density at radius 1 is 1.21 bits per heavy atom. The topological polar surface area (TPSA) is 163 Å². The van der Waals surface area contributed by atoms with Crippen LogP contribution in [0.2, 0.25) is 0 Å². The number of H-pyrrole nitrogens is 1. The summed E-state index contributed by atoms with van der Waals surface area (Å²) in [5.74, 6) is -1.25. The number of aromatic amines is 1. The zero-order valence-electron chi connectivity index (χ0n) is 18.7. The molecule has 0 aromatic carbocycles. The number of carboxylic acids is 1. The number of hydrogen-bond donors (Lipinski definition) is 3. The van der Waals surface area contributed by atoms with Gasteiger partial charge in [0.1, 0.15) is 0 Å².